The maximum absolute atomic E-state index is 5.82. The van der Waals surface area contributed by atoms with Crippen LogP contribution in [0.3, 0.4) is 0 Å². The summed E-state index contributed by atoms with van der Waals surface area (Å²) in [6, 6.07) is 6.10. The van der Waals surface area contributed by atoms with Crippen molar-refractivity contribution in [3.8, 4) is 5.88 Å². The summed E-state index contributed by atoms with van der Waals surface area (Å²) in [6.07, 6.45) is 6.30. The van der Waals surface area contributed by atoms with Gasteiger partial charge in [-0.1, -0.05) is 6.07 Å². The fraction of sp³-hybridized carbons (Fsp3) is 0.545. The van der Waals surface area contributed by atoms with Gasteiger partial charge in [0.25, 0.3) is 0 Å². The molecular formula is C11H18Cl2N2O. The Morgan fingerprint density at radius 3 is 2.38 bits per heavy atom. The molecule has 0 bridgehead atoms. The molecule has 92 valence electrons. The first kappa shape index (κ1) is 15.5. The van der Waals surface area contributed by atoms with Crippen molar-refractivity contribution in [2.24, 2.45) is 5.73 Å². The smallest absolute Gasteiger partial charge is 0.213 e. The summed E-state index contributed by atoms with van der Waals surface area (Å²) in [5.41, 5.74) is 5.82. The lowest BCUT2D eigenvalue weighted by molar-refractivity contribution is 0.141. The van der Waals surface area contributed by atoms with E-state index in [4.69, 9.17) is 10.5 Å². The Bertz CT molecular complexity index is 277. The van der Waals surface area contributed by atoms with E-state index in [1.165, 1.54) is 0 Å². The van der Waals surface area contributed by atoms with Gasteiger partial charge in [-0.05, 0) is 31.7 Å². The molecule has 1 heterocycles. The molecule has 0 spiro atoms. The second-order valence-corrected chi connectivity index (χ2v) is 3.82. The summed E-state index contributed by atoms with van der Waals surface area (Å²) in [5.74, 6) is 0.730. The van der Waals surface area contributed by atoms with E-state index in [0.29, 0.717) is 12.1 Å². The monoisotopic (exact) mass is 264 g/mol. The largest absolute Gasteiger partial charge is 0.474 e. The molecule has 1 fully saturated rings. The van der Waals surface area contributed by atoms with Crippen molar-refractivity contribution in [2.75, 3.05) is 0 Å². The Morgan fingerprint density at radius 1 is 1.12 bits per heavy atom. The van der Waals surface area contributed by atoms with Gasteiger partial charge in [0.05, 0.1) is 0 Å². The molecule has 0 saturated heterocycles. The summed E-state index contributed by atoms with van der Waals surface area (Å²) < 4.78 is 5.74. The van der Waals surface area contributed by atoms with Gasteiger partial charge in [0.15, 0.2) is 0 Å². The SMILES string of the molecule is Cl.Cl.NC1CCC(Oc2ccccn2)CC1. The van der Waals surface area contributed by atoms with E-state index in [-0.39, 0.29) is 24.8 Å². The minimum atomic E-state index is 0. The fourth-order valence-corrected chi connectivity index (χ4v) is 1.79. The van der Waals surface area contributed by atoms with Crippen LogP contribution in [0.5, 0.6) is 5.88 Å². The van der Waals surface area contributed by atoms with Crippen LogP contribution in [0.25, 0.3) is 0 Å². The van der Waals surface area contributed by atoms with E-state index in [0.717, 1.165) is 31.6 Å². The van der Waals surface area contributed by atoms with Gasteiger partial charge in [0.1, 0.15) is 6.10 Å². The zero-order chi connectivity index (χ0) is 9.80. The molecule has 0 aliphatic heterocycles. The molecule has 16 heavy (non-hydrogen) atoms. The minimum absolute atomic E-state index is 0. The second-order valence-electron chi connectivity index (χ2n) is 3.82. The number of rotatable bonds is 2. The van der Waals surface area contributed by atoms with Gasteiger partial charge in [-0.2, -0.15) is 0 Å². The number of hydrogen-bond acceptors (Lipinski definition) is 3. The standard InChI is InChI=1S/C11H16N2O.2ClH/c12-9-4-6-10(7-5-9)14-11-3-1-2-8-13-11;;/h1-3,8-10H,4-7,12H2;2*1H. The van der Waals surface area contributed by atoms with Crippen LogP contribution < -0.4 is 10.5 Å². The predicted octanol–water partition coefficient (Wildman–Crippen LogP) is 2.57. The molecule has 0 aromatic carbocycles. The van der Waals surface area contributed by atoms with Crippen molar-refractivity contribution < 1.29 is 4.74 Å². The zero-order valence-electron chi connectivity index (χ0n) is 9.04. The average Bonchev–Trinajstić information content (AvgIpc) is 2.23. The van der Waals surface area contributed by atoms with Crippen LogP contribution in [0.1, 0.15) is 25.7 Å². The third-order valence-electron chi connectivity index (χ3n) is 2.64. The van der Waals surface area contributed by atoms with Crippen LogP contribution >= 0.6 is 24.8 Å². The average molecular weight is 265 g/mol. The fourth-order valence-electron chi connectivity index (χ4n) is 1.79. The number of nitrogens with zero attached hydrogens (tertiary/aromatic N) is 1. The predicted molar refractivity (Wildman–Crippen MR) is 69.6 cm³/mol. The maximum atomic E-state index is 5.82. The summed E-state index contributed by atoms with van der Waals surface area (Å²) in [5, 5.41) is 0. The highest BCUT2D eigenvalue weighted by Gasteiger charge is 2.19. The minimum Gasteiger partial charge on any atom is -0.474 e. The van der Waals surface area contributed by atoms with Crippen LogP contribution in [0.4, 0.5) is 0 Å². The van der Waals surface area contributed by atoms with Gasteiger partial charge in [-0.25, -0.2) is 4.98 Å². The highest BCUT2D eigenvalue weighted by atomic mass is 35.5. The summed E-state index contributed by atoms with van der Waals surface area (Å²) >= 11 is 0. The molecule has 0 radical (unpaired) electrons. The summed E-state index contributed by atoms with van der Waals surface area (Å²) in [7, 11) is 0. The van der Waals surface area contributed by atoms with Crippen molar-refractivity contribution in [2.45, 2.75) is 37.8 Å². The first-order chi connectivity index (χ1) is 6.84. The lowest BCUT2D eigenvalue weighted by atomic mass is 9.94. The summed E-state index contributed by atoms with van der Waals surface area (Å²) in [6.45, 7) is 0. The number of ether oxygens (including phenoxy) is 1. The topological polar surface area (TPSA) is 48.1 Å². The van der Waals surface area contributed by atoms with Gasteiger partial charge >= 0.3 is 0 Å². The molecule has 0 amide bonds. The molecule has 1 saturated carbocycles. The van der Waals surface area contributed by atoms with Gasteiger partial charge < -0.3 is 10.5 Å². The van der Waals surface area contributed by atoms with Crippen molar-refractivity contribution in [1.82, 2.24) is 4.98 Å². The molecule has 1 aromatic heterocycles. The van der Waals surface area contributed by atoms with E-state index >= 15 is 0 Å². The van der Waals surface area contributed by atoms with Gasteiger partial charge in [0, 0.05) is 18.3 Å². The highest BCUT2D eigenvalue weighted by Crippen LogP contribution is 2.21. The number of halogens is 2. The molecule has 5 heteroatoms. The van der Waals surface area contributed by atoms with Crippen LogP contribution in [0.2, 0.25) is 0 Å². The molecule has 1 aliphatic rings. The lowest BCUT2D eigenvalue weighted by Crippen LogP contribution is -2.31. The van der Waals surface area contributed by atoms with Crippen LogP contribution in [0, 0.1) is 0 Å². The van der Waals surface area contributed by atoms with E-state index < -0.39 is 0 Å². The molecular weight excluding hydrogens is 247 g/mol. The number of pyridine rings is 1. The first-order valence-electron chi connectivity index (χ1n) is 5.18. The quantitative estimate of drug-likeness (QED) is 0.894. The van der Waals surface area contributed by atoms with Gasteiger partial charge in [-0.15, -0.1) is 24.8 Å². The normalized spacial score (nSPS) is 23.8. The molecule has 2 rings (SSSR count). The maximum Gasteiger partial charge on any atom is 0.213 e. The summed E-state index contributed by atoms with van der Waals surface area (Å²) in [4.78, 5) is 4.14. The highest BCUT2D eigenvalue weighted by molar-refractivity contribution is 5.85. The van der Waals surface area contributed by atoms with Crippen LogP contribution in [-0.2, 0) is 0 Å². The number of hydrogen-bond donors (Lipinski definition) is 1. The number of aromatic nitrogens is 1. The van der Waals surface area contributed by atoms with Crippen LogP contribution in [0.15, 0.2) is 24.4 Å². The lowest BCUT2D eigenvalue weighted by Gasteiger charge is -2.26. The molecule has 0 unspecified atom stereocenters. The molecule has 1 aliphatic carbocycles. The van der Waals surface area contributed by atoms with E-state index in [1.54, 1.807) is 6.20 Å². The van der Waals surface area contributed by atoms with Crippen LogP contribution in [-0.4, -0.2) is 17.1 Å². The molecule has 3 nitrogen and oxygen atoms in total. The Labute approximate surface area is 109 Å². The Hall–Kier alpha value is -0.510. The van der Waals surface area contributed by atoms with Gasteiger partial charge in [-0.3, -0.25) is 0 Å². The second kappa shape index (κ2) is 7.71. The van der Waals surface area contributed by atoms with Crippen molar-refractivity contribution >= 4 is 24.8 Å². The molecule has 1 aromatic rings. The van der Waals surface area contributed by atoms with Crippen molar-refractivity contribution in [1.29, 1.82) is 0 Å². The first-order valence-corrected chi connectivity index (χ1v) is 5.18. The van der Waals surface area contributed by atoms with Crippen molar-refractivity contribution in [3.05, 3.63) is 24.4 Å². The Kier molecular flexibility index (Phi) is 7.47. The van der Waals surface area contributed by atoms with Gasteiger partial charge in [0.2, 0.25) is 5.88 Å². The van der Waals surface area contributed by atoms with E-state index in [9.17, 15) is 0 Å². The Balaban J connectivity index is 0.00000112. The van der Waals surface area contributed by atoms with Crippen molar-refractivity contribution in [3.63, 3.8) is 0 Å². The Morgan fingerprint density at radius 2 is 1.81 bits per heavy atom. The molecule has 2 N–H and O–H groups in total. The number of nitrogens with two attached hydrogens (primary N) is 1. The third-order valence-corrected chi connectivity index (χ3v) is 2.64. The third kappa shape index (κ3) is 4.56. The zero-order valence-corrected chi connectivity index (χ0v) is 10.7. The van der Waals surface area contributed by atoms with E-state index in [1.807, 2.05) is 18.2 Å². The van der Waals surface area contributed by atoms with E-state index in [2.05, 4.69) is 4.98 Å². The molecule has 0 atom stereocenters.